The number of oxime groups is 1. The molecule has 10 heteroatoms. The van der Waals surface area contributed by atoms with Crippen LogP contribution in [0.25, 0.3) is 0 Å². The van der Waals surface area contributed by atoms with Crippen LogP contribution in [0.3, 0.4) is 0 Å². The highest BCUT2D eigenvalue weighted by atomic mass is 35.5. The lowest BCUT2D eigenvalue weighted by atomic mass is 10.2. The van der Waals surface area contributed by atoms with Crippen LogP contribution in [0, 0.1) is 0 Å². The molecule has 1 heterocycles. The molecule has 0 radical (unpaired) electrons. The van der Waals surface area contributed by atoms with E-state index in [4.69, 9.17) is 32.8 Å². The Kier molecular flexibility index (Phi) is 8.50. The summed E-state index contributed by atoms with van der Waals surface area (Å²) in [5, 5.41) is 9.13. The van der Waals surface area contributed by atoms with E-state index in [1.54, 1.807) is 23.6 Å². The highest BCUT2D eigenvalue weighted by molar-refractivity contribution is 7.14. The summed E-state index contributed by atoms with van der Waals surface area (Å²) in [4.78, 5) is 32.2. The van der Waals surface area contributed by atoms with E-state index in [1.807, 2.05) is 6.92 Å². The van der Waals surface area contributed by atoms with Crippen LogP contribution in [0.1, 0.15) is 31.0 Å². The number of hydrogen-bond acceptors (Lipinski definition) is 7. The van der Waals surface area contributed by atoms with Crippen molar-refractivity contribution in [3.8, 4) is 0 Å². The van der Waals surface area contributed by atoms with Crippen LogP contribution in [0.5, 0.6) is 0 Å². The van der Waals surface area contributed by atoms with E-state index in [0.717, 1.165) is 24.2 Å². The third kappa shape index (κ3) is 6.82. The van der Waals surface area contributed by atoms with Crippen LogP contribution in [0.15, 0.2) is 28.7 Å². The predicted molar refractivity (Wildman–Crippen MR) is 106 cm³/mol. The number of ether oxygens (including phenoxy) is 1. The van der Waals surface area contributed by atoms with Crippen LogP contribution in [0.4, 0.5) is 9.93 Å². The maximum absolute atomic E-state index is 11.6. The molecule has 0 saturated carbocycles. The van der Waals surface area contributed by atoms with Gasteiger partial charge in [0.15, 0.2) is 17.1 Å². The maximum atomic E-state index is 11.6. The van der Waals surface area contributed by atoms with Crippen molar-refractivity contribution in [2.75, 3.05) is 11.9 Å². The number of unbranched alkanes of at least 4 members (excludes halogenated alkanes) is 1. The van der Waals surface area contributed by atoms with Gasteiger partial charge in [-0.25, -0.2) is 9.78 Å². The molecular formula is C17H17Cl2N3O4S. The minimum atomic E-state index is -0.596. The fourth-order valence-corrected chi connectivity index (χ4v) is 2.89. The lowest BCUT2D eigenvalue weighted by molar-refractivity contribution is -0.102. The molecule has 0 atom stereocenters. The first-order valence-electron chi connectivity index (χ1n) is 8.02. The SMILES string of the molecule is CCCCOC(=O)Nc1nc(/C(C=O)=N/OCc2cc(Cl)ccc2Cl)cs1. The monoisotopic (exact) mass is 429 g/mol. The molecule has 0 aliphatic carbocycles. The van der Waals surface area contributed by atoms with Crippen molar-refractivity contribution >= 4 is 57.8 Å². The van der Waals surface area contributed by atoms with E-state index >= 15 is 0 Å². The fraction of sp³-hybridized carbons (Fsp3) is 0.294. The summed E-state index contributed by atoms with van der Waals surface area (Å²) in [6.45, 7) is 2.37. The molecule has 0 aliphatic heterocycles. The summed E-state index contributed by atoms with van der Waals surface area (Å²) in [7, 11) is 0. The van der Waals surface area contributed by atoms with E-state index in [1.165, 1.54) is 0 Å². The van der Waals surface area contributed by atoms with E-state index in [-0.39, 0.29) is 18.0 Å². The largest absolute Gasteiger partial charge is 0.449 e. The number of nitrogens with zero attached hydrogens (tertiary/aromatic N) is 2. The molecule has 1 aromatic heterocycles. The van der Waals surface area contributed by atoms with Crippen molar-refractivity contribution in [2.45, 2.75) is 26.4 Å². The molecule has 0 spiro atoms. The summed E-state index contributed by atoms with van der Waals surface area (Å²) >= 11 is 13.1. The van der Waals surface area contributed by atoms with Crippen molar-refractivity contribution in [1.82, 2.24) is 4.98 Å². The third-order valence-corrected chi connectivity index (χ3v) is 4.57. The van der Waals surface area contributed by atoms with Gasteiger partial charge in [-0.1, -0.05) is 41.7 Å². The van der Waals surface area contributed by atoms with Crippen LogP contribution in [0.2, 0.25) is 10.0 Å². The zero-order valence-electron chi connectivity index (χ0n) is 14.4. The third-order valence-electron chi connectivity index (χ3n) is 3.21. The Labute approximate surface area is 170 Å². The topological polar surface area (TPSA) is 89.9 Å². The van der Waals surface area contributed by atoms with Crippen molar-refractivity contribution in [1.29, 1.82) is 0 Å². The molecule has 144 valence electrons. The predicted octanol–water partition coefficient (Wildman–Crippen LogP) is 4.92. The Morgan fingerprint density at radius 3 is 2.96 bits per heavy atom. The Balaban J connectivity index is 1.95. The summed E-state index contributed by atoms with van der Waals surface area (Å²) in [5.74, 6) is 0. The van der Waals surface area contributed by atoms with Crippen LogP contribution < -0.4 is 5.32 Å². The number of amides is 1. The number of hydrogen-bond donors (Lipinski definition) is 1. The van der Waals surface area contributed by atoms with Gasteiger partial charge < -0.3 is 9.57 Å². The molecular weight excluding hydrogens is 413 g/mol. The zero-order chi connectivity index (χ0) is 19.6. The Bertz CT molecular complexity index is 826. The van der Waals surface area contributed by atoms with Crippen LogP contribution in [-0.2, 0) is 21.0 Å². The molecule has 27 heavy (non-hydrogen) atoms. The Morgan fingerprint density at radius 1 is 1.41 bits per heavy atom. The zero-order valence-corrected chi connectivity index (χ0v) is 16.7. The van der Waals surface area contributed by atoms with E-state index < -0.39 is 6.09 Å². The van der Waals surface area contributed by atoms with Gasteiger partial charge in [-0.15, -0.1) is 11.3 Å². The highest BCUT2D eigenvalue weighted by Crippen LogP contribution is 2.21. The number of rotatable bonds is 9. The minimum absolute atomic E-state index is 0.0169. The standard InChI is InChI=1S/C17H17Cl2N3O4S/c1-2-3-6-25-17(24)21-16-20-15(10-27-16)14(8-23)22-26-9-11-7-12(18)4-5-13(11)19/h4-5,7-8,10H,2-3,6,9H2,1H3,(H,20,21,24)/b22-14+. The van der Waals surface area contributed by atoms with Gasteiger partial charge in [0.25, 0.3) is 0 Å². The van der Waals surface area contributed by atoms with Gasteiger partial charge in [0.2, 0.25) is 0 Å². The first-order chi connectivity index (χ1) is 13.0. The number of aromatic nitrogens is 1. The number of halogens is 2. The fourth-order valence-electron chi connectivity index (χ4n) is 1.84. The number of anilines is 1. The van der Waals surface area contributed by atoms with Crippen LogP contribution >= 0.6 is 34.5 Å². The molecule has 1 aromatic carbocycles. The second-order valence-electron chi connectivity index (χ2n) is 5.26. The molecule has 2 aromatic rings. The summed E-state index contributed by atoms with van der Waals surface area (Å²) in [6, 6.07) is 4.95. The second-order valence-corrected chi connectivity index (χ2v) is 6.96. The molecule has 0 unspecified atom stereocenters. The van der Waals surface area contributed by atoms with Gasteiger partial charge in [0.1, 0.15) is 12.3 Å². The lowest BCUT2D eigenvalue weighted by Gasteiger charge is -2.04. The van der Waals surface area contributed by atoms with Crippen LogP contribution in [-0.4, -0.2) is 29.7 Å². The average Bonchev–Trinajstić information content (AvgIpc) is 3.10. The summed E-state index contributed by atoms with van der Waals surface area (Å²) in [6.07, 6.45) is 1.62. The first kappa shape index (κ1) is 21.1. The molecule has 1 amide bonds. The van der Waals surface area contributed by atoms with Gasteiger partial charge in [-0.3, -0.25) is 10.1 Å². The molecule has 1 N–H and O–H groups in total. The molecule has 2 rings (SSSR count). The summed E-state index contributed by atoms with van der Waals surface area (Å²) in [5.41, 5.74) is 0.890. The van der Waals surface area contributed by atoms with E-state index in [0.29, 0.717) is 33.6 Å². The maximum Gasteiger partial charge on any atom is 0.413 e. The quantitative estimate of drug-likeness (QED) is 0.264. The second kappa shape index (κ2) is 10.9. The van der Waals surface area contributed by atoms with E-state index in [9.17, 15) is 9.59 Å². The van der Waals surface area contributed by atoms with Gasteiger partial charge in [-0.2, -0.15) is 0 Å². The number of thiazole rings is 1. The number of carbonyl (C=O) groups excluding carboxylic acids is 2. The molecule has 0 aliphatic rings. The smallest absolute Gasteiger partial charge is 0.413 e. The van der Waals surface area contributed by atoms with Crippen molar-refractivity contribution in [2.24, 2.45) is 5.16 Å². The Morgan fingerprint density at radius 2 is 2.22 bits per heavy atom. The lowest BCUT2D eigenvalue weighted by Crippen LogP contribution is -2.14. The van der Waals surface area contributed by atoms with Crippen molar-refractivity contribution in [3.05, 3.63) is 44.9 Å². The number of aldehydes is 1. The van der Waals surface area contributed by atoms with Crippen molar-refractivity contribution < 1.29 is 19.2 Å². The van der Waals surface area contributed by atoms with Gasteiger partial charge in [0, 0.05) is 21.0 Å². The van der Waals surface area contributed by atoms with Crippen molar-refractivity contribution in [3.63, 3.8) is 0 Å². The molecule has 7 nitrogen and oxygen atoms in total. The summed E-state index contributed by atoms with van der Waals surface area (Å²) < 4.78 is 4.99. The minimum Gasteiger partial charge on any atom is -0.449 e. The number of nitrogens with one attached hydrogen (secondary N) is 1. The molecule has 0 fully saturated rings. The van der Waals surface area contributed by atoms with Gasteiger partial charge in [-0.05, 0) is 24.6 Å². The number of benzene rings is 1. The highest BCUT2D eigenvalue weighted by Gasteiger charge is 2.12. The number of carbonyl (C=O) groups is 2. The molecule has 0 saturated heterocycles. The normalized spacial score (nSPS) is 11.1. The first-order valence-corrected chi connectivity index (χ1v) is 9.65. The van der Waals surface area contributed by atoms with Gasteiger partial charge >= 0.3 is 6.09 Å². The Hall–Kier alpha value is -2.16. The molecule has 0 bridgehead atoms. The van der Waals surface area contributed by atoms with E-state index in [2.05, 4.69) is 15.5 Å². The van der Waals surface area contributed by atoms with Gasteiger partial charge in [0.05, 0.1) is 6.61 Å². The average molecular weight is 430 g/mol.